The van der Waals surface area contributed by atoms with Gasteiger partial charge in [-0.15, -0.1) is 0 Å². The number of hydrogen-bond donors (Lipinski definition) is 3. The number of aliphatic hydroxyl groups is 1. The van der Waals surface area contributed by atoms with E-state index in [0.29, 0.717) is 5.75 Å². The summed E-state index contributed by atoms with van der Waals surface area (Å²) in [6.07, 6.45) is 3.67. The van der Waals surface area contributed by atoms with E-state index in [1.807, 2.05) is 24.4 Å². The van der Waals surface area contributed by atoms with E-state index < -0.39 is 5.78 Å². The van der Waals surface area contributed by atoms with Crippen LogP contribution in [0.4, 0.5) is 0 Å². The number of hydrogen-bond acceptors (Lipinski definition) is 8. The van der Waals surface area contributed by atoms with Gasteiger partial charge in [0.05, 0.1) is 13.7 Å². The van der Waals surface area contributed by atoms with Crippen molar-refractivity contribution < 1.29 is 29.6 Å². The van der Waals surface area contributed by atoms with Gasteiger partial charge in [-0.1, -0.05) is 0 Å². The van der Waals surface area contributed by atoms with E-state index in [4.69, 9.17) is 14.6 Å². The molecule has 9 heteroatoms. The van der Waals surface area contributed by atoms with Crippen molar-refractivity contribution in [1.29, 1.82) is 0 Å². The van der Waals surface area contributed by atoms with Gasteiger partial charge in [-0.05, 0) is 24.3 Å². The first-order valence-electron chi connectivity index (χ1n) is 11.7. The Morgan fingerprint density at radius 2 is 1.77 bits per heavy atom. The highest BCUT2D eigenvalue weighted by molar-refractivity contribution is 6.16. The van der Waals surface area contributed by atoms with Crippen molar-refractivity contribution in [3.8, 4) is 23.0 Å². The van der Waals surface area contributed by atoms with E-state index in [2.05, 4.69) is 14.4 Å². The molecule has 9 nitrogen and oxygen atoms in total. The lowest BCUT2D eigenvalue weighted by atomic mass is 10.1. The largest absolute Gasteiger partial charge is 0.508 e. The Morgan fingerprint density at radius 1 is 1.03 bits per heavy atom. The number of phenols is 2. The molecule has 184 valence electrons. The molecule has 0 bridgehead atoms. The number of carbonyl (C=O) groups is 1. The van der Waals surface area contributed by atoms with E-state index >= 15 is 0 Å². The summed E-state index contributed by atoms with van der Waals surface area (Å²) in [4.78, 5) is 17.6. The molecular weight excluding hydrogens is 450 g/mol. The predicted molar refractivity (Wildman–Crippen MR) is 131 cm³/mol. The molecule has 3 N–H and O–H groups in total. The maximum absolute atomic E-state index is 12.9. The van der Waals surface area contributed by atoms with Crippen LogP contribution in [0.5, 0.6) is 23.0 Å². The molecule has 0 amide bonds. The maximum atomic E-state index is 12.9. The fourth-order valence-electron chi connectivity index (χ4n) is 4.78. The van der Waals surface area contributed by atoms with Crippen molar-refractivity contribution in [2.45, 2.75) is 6.54 Å². The highest BCUT2D eigenvalue weighted by Crippen LogP contribution is 2.41. The van der Waals surface area contributed by atoms with E-state index in [9.17, 15) is 15.0 Å². The number of fused-ring (bicyclic) bond motifs is 2. The first kappa shape index (κ1) is 23.2. The van der Waals surface area contributed by atoms with Crippen LogP contribution in [0, 0.1) is 0 Å². The van der Waals surface area contributed by atoms with Crippen molar-refractivity contribution in [3.05, 3.63) is 53.4 Å². The average molecular weight is 480 g/mol. The smallest absolute Gasteiger partial charge is 0.235 e. The minimum absolute atomic E-state index is 0.0516. The molecule has 3 heterocycles. The molecule has 1 fully saturated rings. The van der Waals surface area contributed by atoms with E-state index in [0.717, 1.165) is 68.3 Å². The summed E-state index contributed by atoms with van der Waals surface area (Å²) < 4.78 is 13.3. The lowest BCUT2D eigenvalue weighted by Crippen LogP contribution is -2.47. The van der Waals surface area contributed by atoms with Crippen molar-refractivity contribution in [2.24, 2.45) is 0 Å². The number of aromatic hydroxyl groups is 2. The Hall–Kier alpha value is -3.53. The molecule has 3 aromatic rings. The summed E-state index contributed by atoms with van der Waals surface area (Å²) >= 11 is 0. The summed E-state index contributed by atoms with van der Waals surface area (Å²) in [7, 11) is 1.61. The van der Waals surface area contributed by atoms with Gasteiger partial charge < -0.3 is 29.4 Å². The van der Waals surface area contributed by atoms with Crippen LogP contribution in [0.2, 0.25) is 0 Å². The summed E-state index contributed by atoms with van der Waals surface area (Å²) in [6, 6.07) is 8.30. The minimum Gasteiger partial charge on any atom is -0.508 e. The summed E-state index contributed by atoms with van der Waals surface area (Å²) in [5, 5.41) is 29.9. The van der Waals surface area contributed by atoms with Gasteiger partial charge in [0, 0.05) is 80.6 Å². The van der Waals surface area contributed by atoms with Crippen LogP contribution in [0.1, 0.15) is 15.9 Å². The van der Waals surface area contributed by atoms with Crippen LogP contribution < -0.4 is 9.47 Å². The number of phenolic OH excluding ortho intramolecular Hbond substituents is 2. The highest BCUT2D eigenvalue weighted by atomic mass is 16.5. The number of aliphatic hydroxyl groups excluding tert-OH is 1. The lowest BCUT2D eigenvalue weighted by molar-refractivity contribution is 0.101. The Labute approximate surface area is 203 Å². The third-order valence-corrected chi connectivity index (χ3v) is 6.68. The first-order chi connectivity index (χ1) is 17.0. The second kappa shape index (κ2) is 9.61. The van der Waals surface area contributed by atoms with Gasteiger partial charge in [-0.2, -0.15) is 0 Å². The lowest BCUT2D eigenvalue weighted by Gasteiger charge is -2.34. The molecule has 0 unspecified atom stereocenters. The normalized spacial score (nSPS) is 17.8. The third kappa shape index (κ3) is 4.58. The molecule has 35 heavy (non-hydrogen) atoms. The van der Waals surface area contributed by atoms with Gasteiger partial charge in [-0.25, -0.2) is 0 Å². The van der Waals surface area contributed by atoms with Gasteiger partial charge >= 0.3 is 0 Å². The molecule has 2 aromatic carbocycles. The van der Waals surface area contributed by atoms with Crippen LogP contribution in [-0.4, -0.2) is 88.5 Å². The number of aromatic nitrogens is 1. The van der Waals surface area contributed by atoms with Crippen LogP contribution in [0.3, 0.4) is 0 Å². The Bertz CT molecular complexity index is 1290. The SMILES string of the molecule is COc1ccc2c(c1)c(C=C1Oc3cc(O)cc(O)c3C1=O)cn2CCN1CCN(CCO)CC1. The van der Waals surface area contributed by atoms with Crippen LogP contribution >= 0.6 is 0 Å². The second-order valence-corrected chi connectivity index (χ2v) is 8.85. The topological polar surface area (TPSA) is 108 Å². The van der Waals surface area contributed by atoms with Crippen LogP contribution in [-0.2, 0) is 6.54 Å². The zero-order chi connectivity index (χ0) is 24.5. The van der Waals surface area contributed by atoms with Crippen molar-refractivity contribution >= 4 is 22.8 Å². The van der Waals surface area contributed by atoms with Gasteiger partial charge in [0.15, 0.2) is 5.76 Å². The third-order valence-electron chi connectivity index (χ3n) is 6.68. The fourth-order valence-corrected chi connectivity index (χ4v) is 4.78. The summed E-state index contributed by atoms with van der Waals surface area (Å²) in [6.45, 7) is 6.38. The Balaban J connectivity index is 1.41. The zero-order valence-electron chi connectivity index (χ0n) is 19.6. The maximum Gasteiger partial charge on any atom is 0.235 e. The Morgan fingerprint density at radius 3 is 2.49 bits per heavy atom. The minimum atomic E-state index is -0.429. The van der Waals surface area contributed by atoms with Gasteiger partial charge in [0.1, 0.15) is 28.6 Å². The van der Waals surface area contributed by atoms with Gasteiger partial charge in [-0.3, -0.25) is 14.6 Å². The fraction of sp³-hybridized carbons (Fsp3) is 0.346. The number of β-amino-alcohol motifs (C(OH)–C–C–N with tert-alkyl or cyclic N) is 1. The average Bonchev–Trinajstić information content (AvgIpc) is 3.35. The summed E-state index contributed by atoms with van der Waals surface area (Å²) in [5.41, 5.74) is 1.86. The van der Waals surface area contributed by atoms with E-state index in [1.54, 1.807) is 13.2 Å². The number of Topliss-reactive ketones (excluding diaryl/α,β-unsaturated/α-hetero) is 1. The number of ketones is 1. The molecule has 5 rings (SSSR count). The number of benzene rings is 2. The van der Waals surface area contributed by atoms with E-state index in [1.165, 1.54) is 6.07 Å². The van der Waals surface area contributed by atoms with Crippen LogP contribution in [0.15, 0.2) is 42.3 Å². The predicted octanol–water partition coefficient (Wildman–Crippen LogP) is 2.29. The zero-order valence-corrected chi connectivity index (χ0v) is 19.6. The molecule has 0 spiro atoms. The number of rotatable bonds is 7. The number of ether oxygens (including phenoxy) is 2. The number of methoxy groups -OCH3 is 1. The standard InChI is InChI=1S/C26H29N3O6/c1-34-19-2-3-21-20(15-19)17(12-24-26(33)25-22(32)13-18(31)14-23(25)35-24)16-29(21)9-8-27-4-6-28(7-5-27)10-11-30/h2-3,12-16,30-32H,4-11H2,1H3. The Kier molecular flexibility index (Phi) is 6.38. The summed E-state index contributed by atoms with van der Waals surface area (Å²) in [5.74, 6) is 0.0232. The molecule has 2 aliphatic rings. The number of carbonyl (C=O) groups excluding carboxylic acids is 1. The van der Waals surface area contributed by atoms with Gasteiger partial charge in [0.25, 0.3) is 0 Å². The number of allylic oxidation sites excluding steroid dienone is 1. The number of piperazine rings is 1. The van der Waals surface area contributed by atoms with Crippen molar-refractivity contribution in [1.82, 2.24) is 14.4 Å². The molecule has 0 atom stereocenters. The van der Waals surface area contributed by atoms with Crippen molar-refractivity contribution in [2.75, 3.05) is 53.0 Å². The van der Waals surface area contributed by atoms with Crippen LogP contribution in [0.25, 0.3) is 17.0 Å². The second-order valence-electron chi connectivity index (χ2n) is 8.85. The van der Waals surface area contributed by atoms with Crippen molar-refractivity contribution in [3.63, 3.8) is 0 Å². The van der Waals surface area contributed by atoms with E-state index in [-0.39, 0.29) is 35.2 Å². The molecule has 1 saturated heterocycles. The molecule has 0 saturated carbocycles. The monoisotopic (exact) mass is 479 g/mol. The molecule has 0 radical (unpaired) electrons. The molecule has 1 aromatic heterocycles. The molecular formula is C26H29N3O6. The number of nitrogens with zero attached hydrogens (tertiary/aromatic N) is 3. The quantitative estimate of drug-likeness (QED) is 0.443. The molecule has 0 aliphatic carbocycles. The highest BCUT2D eigenvalue weighted by Gasteiger charge is 2.31. The van der Waals surface area contributed by atoms with Gasteiger partial charge in [0.2, 0.25) is 5.78 Å². The first-order valence-corrected chi connectivity index (χ1v) is 11.7. The molecule has 2 aliphatic heterocycles.